The molecule has 1 aromatic heterocycles. The Morgan fingerprint density at radius 2 is 1.95 bits per heavy atom. The summed E-state index contributed by atoms with van der Waals surface area (Å²) >= 11 is 1.38. The number of rotatable bonds is 6. The van der Waals surface area contributed by atoms with Crippen molar-refractivity contribution in [2.75, 3.05) is 11.3 Å². The number of benzene rings is 1. The SMILES string of the molecule is O=C(O)COc1ccc(S(=O)(=O)Nc2ccsc2)cc1. The monoisotopic (exact) mass is 313 g/mol. The molecule has 6 nitrogen and oxygen atoms in total. The van der Waals surface area contributed by atoms with Gasteiger partial charge >= 0.3 is 5.97 Å². The summed E-state index contributed by atoms with van der Waals surface area (Å²) in [6.07, 6.45) is 0. The molecule has 0 radical (unpaired) electrons. The predicted octanol–water partition coefficient (Wildman–Crippen LogP) is 2.01. The summed E-state index contributed by atoms with van der Waals surface area (Å²) in [6, 6.07) is 7.18. The molecule has 0 saturated heterocycles. The number of ether oxygens (including phenoxy) is 1. The molecule has 0 spiro atoms. The Morgan fingerprint density at radius 1 is 1.25 bits per heavy atom. The molecule has 1 heterocycles. The van der Waals surface area contributed by atoms with Crippen LogP contribution in [0.15, 0.2) is 46.0 Å². The molecule has 20 heavy (non-hydrogen) atoms. The predicted molar refractivity (Wildman–Crippen MR) is 74.7 cm³/mol. The van der Waals surface area contributed by atoms with Gasteiger partial charge in [0.15, 0.2) is 6.61 Å². The average molecular weight is 313 g/mol. The molecule has 0 aliphatic heterocycles. The molecule has 2 N–H and O–H groups in total. The topological polar surface area (TPSA) is 92.7 Å². The molecular formula is C12H11NO5S2. The van der Waals surface area contributed by atoms with Gasteiger partial charge in [-0.1, -0.05) is 0 Å². The summed E-state index contributed by atoms with van der Waals surface area (Å²) in [6.45, 7) is -0.473. The Balaban J connectivity index is 2.10. The Bertz CT molecular complexity index is 677. The molecule has 2 aromatic rings. The third-order valence-corrected chi connectivity index (χ3v) is 4.35. The van der Waals surface area contributed by atoms with E-state index in [2.05, 4.69) is 4.72 Å². The lowest BCUT2D eigenvalue weighted by molar-refractivity contribution is -0.139. The summed E-state index contributed by atoms with van der Waals surface area (Å²) in [5.41, 5.74) is 0.501. The van der Waals surface area contributed by atoms with Crippen LogP contribution in [-0.4, -0.2) is 26.1 Å². The number of thiophene rings is 1. The number of hydrogen-bond donors (Lipinski definition) is 2. The zero-order valence-electron chi connectivity index (χ0n) is 10.1. The van der Waals surface area contributed by atoms with Crippen LogP contribution in [0.5, 0.6) is 5.75 Å². The van der Waals surface area contributed by atoms with Crippen molar-refractivity contribution in [3.05, 3.63) is 41.1 Å². The van der Waals surface area contributed by atoms with Crippen molar-refractivity contribution in [1.29, 1.82) is 0 Å². The second-order valence-corrected chi connectivity index (χ2v) is 6.23. The van der Waals surface area contributed by atoms with Gasteiger partial charge < -0.3 is 9.84 Å². The first-order chi connectivity index (χ1) is 9.47. The smallest absolute Gasteiger partial charge is 0.341 e. The lowest BCUT2D eigenvalue weighted by atomic mass is 10.3. The second-order valence-electron chi connectivity index (χ2n) is 3.77. The molecule has 0 aliphatic rings. The summed E-state index contributed by atoms with van der Waals surface area (Å²) in [7, 11) is -3.65. The van der Waals surface area contributed by atoms with Crippen molar-refractivity contribution in [3.63, 3.8) is 0 Å². The summed E-state index contributed by atoms with van der Waals surface area (Å²) in [4.78, 5) is 10.4. The van der Waals surface area contributed by atoms with Crippen LogP contribution in [0.1, 0.15) is 0 Å². The van der Waals surface area contributed by atoms with E-state index in [-0.39, 0.29) is 4.90 Å². The van der Waals surface area contributed by atoms with E-state index in [0.717, 1.165) is 0 Å². The molecule has 0 amide bonds. The van der Waals surface area contributed by atoms with Gasteiger partial charge in [-0.15, -0.1) is 0 Å². The zero-order valence-corrected chi connectivity index (χ0v) is 11.8. The molecule has 0 unspecified atom stereocenters. The number of sulfonamides is 1. The van der Waals surface area contributed by atoms with Crippen molar-refractivity contribution >= 4 is 33.0 Å². The maximum absolute atomic E-state index is 12.0. The highest BCUT2D eigenvalue weighted by Crippen LogP contribution is 2.20. The van der Waals surface area contributed by atoms with E-state index in [0.29, 0.717) is 11.4 Å². The van der Waals surface area contributed by atoms with Crippen LogP contribution in [-0.2, 0) is 14.8 Å². The first-order valence-corrected chi connectivity index (χ1v) is 7.90. The van der Waals surface area contributed by atoms with Gasteiger partial charge in [0.1, 0.15) is 5.75 Å². The number of carboxylic acid groups (broad SMARTS) is 1. The Hall–Kier alpha value is -2.06. The van der Waals surface area contributed by atoms with Crippen molar-refractivity contribution < 1.29 is 23.1 Å². The fourth-order valence-corrected chi connectivity index (χ4v) is 3.11. The van der Waals surface area contributed by atoms with E-state index in [4.69, 9.17) is 9.84 Å². The highest BCUT2D eigenvalue weighted by atomic mass is 32.2. The molecule has 0 atom stereocenters. The first kappa shape index (κ1) is 14.4. The molecule has 0 bridgehead atoms. The van der Waals surface area contributed by atoms with Crippen molar-refractivity contribution in [3.8, 4) is 5.75 Å². The lowest BCUT2D eigenvalue weighted by Crippen LogP contribution is -2.12. The Morgan fingerprint density at radius 3 is 2.50 bits per heavy atom. The number of aliphatic carboxylic acids is 1. The van der Waals surface area contributed by atoms with Crippen molar-refractivity contribution in [1.82, 2.24) is 0 Å². The molecule has 2 rings (SSSR count). The van der Waals surface area contributed by atoms with Crippen LogP contribution >= 0.6 is 11.3 Å². The fraction of sp³-hybridized carbons (Fsp3) is 0.0833. The summed E-state index contributed by atoms with van der Waals surface area (Å²) in [5, 5.41) is 11.9. The van der Waals surface area contributed by atoms with Crippen LogP contribution in [0.25, 0.3) is 0 Å². The minimum atomic E-state index is -3.65. The van der Waals surface area contributed by atoms with Gasteiger partial charge in [0.2, 0.25) is 0 Å². The van der Waals surface area contributed by atoms with E-state index in [9.17, 15) is 13.2 Å². The molecule has 0 saturated carbocycles. The van der Waals surface area contributed by atoms with Gasteiger partial charge in [-0.3, -0.25) is 4.72 Å². The van der Waals surface area contributed by atoms with E-state index >= 15 is 0 Å². The summed E-state index contributed by atoms with van der Waals surface area (Å²) in [5.74, 6) is -0.803. The van der Waals surface area contributed by atoms with Gasteiger partial charge in [0.05, 0.1) is 10.6 Å². The normalized spacial score (nSPS) is 11.0. The first-order valence-electron chi connectivity index (χ1n) is 5.47. The van der Waals surface area contributed by atoms with Crippen LogP contribution in [0.2, 0.25) is 0 Å². The number of carbonyl (C=O) groups is 1. The van der Waals surface area contributed by atoms with Gasteiger partial charge in [0, 0.05) is 5.38 Å². The maximum atomic E-state index is 12.0. The number of carboxylic acids is 1. The third kappa shape index (κ3) is 3.72. The Labute approximate surface area is 119 Å². The van der Waals surface area contributed by atoms with Gasteiger partial charge in [-0.05, 0) is 35.7 Å². The zero-order chi connectivity index (χ0) is 14.6. The maximum Gasteiger partial charge on any atom is 0.341 e. The second kappa shape index (κ2) is 5.93. The van der Waals surface area contributed by atoms with Crippen LogP contribution in [0, 0.1) is 0 Å². The molecule has 1 aromatic carbocycles. The van der Waals surface area contributed by atoms with E-state index < -0.39 is 22.6 Å². The number of nitrogens with one attached hydrogen (secondary N) is 1. The molecule has 0 fully saturated rings. The van der Waals surface area contributed by atoms with Gasteiger partial charge in [-0.25, -0.2) is 13.2 Å². The van der Waals surface area contributed by atoms with E-state index in [1.165, 1.54) is 35.6 Å². The van der Waals surface area contributed by atoms with E-state index in [1.54, 1.807) is 16.8 Å². The molecule has 106 valence electrons. The highest BCUT2D eigenvalue weighted by Gasteiger charge is 2.14. The lowest BCUT2D eigenvalue weighted by Gasteiger charge is -2.07. The fourth-order valence-electron chi connectivity index (χ4n) is 1.40. The Kier molecular flexibility index (Phi) is 4.26. The van der Waals surface area contributed by atoms with Gasteiger partial charge in [0.25, 0.3) is 10.0 Å². The third-order valence-electron chi connectivity index (χ3n) is 2.27. The molecule has 8 heteroatoms. The van der Waals surface area contributed by atoms with E-state index in [1.807, 2.05) is 0 Å². The molecule has 0 aliphatic carbocycles. The van der Waals surface area contributed by atoms with Gasteiger partial charge in [-0.2, -0.15) is 11.3 Å². The average Bonchev–Trinajstić information content (AvgIpc) is 2.89. The van der Waals surface area contributed by atoms with Crippen molar-refractivity contribution in [2.45, 2.75) is 4.90 Å². The minimum Gasteiger partial charge on any atom is -0.482 e. The number of hydrogen-bond acceptors (Lipinski definition) is 5. The van der Waals surface area contributed by atoms with Crippen LogP contribution in [0.3, 0.4) is 0 Å². The number of anilines is 1. The van der Waals surface area contributed by atoms with Crippen LogP contribution in [0.4, 0.5) is 5.69 Å². The van der Waals surface area contributed by atoms with Crippen LogP contribution < -0.4 is 9.46 Å². The quantitative estimate of drug-likeness (QED) is 0.851. The standard InChI is InChI=1S/C12H11NO5S2/c14-12(15)7-18-10-1-3-11(4-2-10)20(16,17)13-9-5-6-19-8-9/h1-6,8,13H,7H2,(H,14,15). The minimum absolute atomic E-state index is 0.0753. The van der Waals surface area contributed by atoms with Crippen molar-refractivity contribution in [2.24, 2.45) is 0 Å². The molecular weight excluding hydrogens is 302 g/mol. The largest absolute Gasteiger partial charge is 0.482 e. The summed E-state index contributed by atoms with van der Waals surface area (Å²) < 4.78 is 31.4. The highest BCUT2D eigenvalue weighted by molar-refractivity contribution is 7.92.